The minimum Gasteiger partial charge on any atom is -0.393 e. The van der Waals surface area contributed by atoms with Gasteiger partial charge in [0.1, 0.15) is 5.69 Å². The largest absolute Gasteiger partial charge is 0.393 e. The summed E-state index contributed by atoms with van der Waals surface area (Å²) in [4.78, 5) is 24.1. The molecule has 1 aliphatic rings. The second kappa shape index (κ2) is 5.09. The van der Waals surface area contributed by atoms with Crippen LogP contribution in [0.3, 0.4) is 0 Å². The van der Waals surface area contributed by atoms with Crippen LogP contribution in [0.2, 0.25) is 0 Å². The van der Waals surface area contributed by atoms with Crippen molar-refractivity contribution >= 4 is 17.3 Å². The molecule has 0 radical (unpaired) electrons. The fourth-order valence-corrected chi connectivity index (χ4v) is 2.21. The predicted molar refractivity (Wildman–Crippen MR) is 73.3 cm³/mol. The van der Waals surface area contributed by atoms with Crippen molar-refractivity contribution in [1.82, 2.24) is 4.90 Å². The molecule has 1 heterocycles. The van der Waals surface area contributed by atoms with Gasteiger partial charge in [0.25, 0.3) is 11.6 Å². The Bertz CT molecular complexity index is 547. The number of carbonyl (C=O) groups is 1. The van der Waals surface area contributed by atoms with Crippen LogP contribution in [0.5, 0.6) is 0 Å². The minimum absolute atomic E-state index is 0.0353. The molecule has 0 saturated carbocycles. The van der Waals surface area contributed by atoms with E-state index in [2.05, 4.69) is 0 Å². The summed E-state index contributed by atoms with van der Waals surface area (Å²) in [5.74, 6) is -0.274. The SMILES string of the molecule is CC1(O)CCN(C(=O)c2ccc(N)c([N+](=O)[O-])c2)CC1. The van der Waals surface area contributed by atoms with Crippen LogP contribution >= 0.6 is 0 Å². The van der Waals surface area contributed by atoms with Crippen LogP contribution in [0.25, 0.3) is 0 Å². The molecule has 0 bridgehead atoms. The Labute approximate surface area is 116 Å². The van der Waals surface area contributed by atoms with E-state index in [9.17, 15) is 20.0 Å². The number of nitrogens with two attached hydrogens (primary N) is 1. The number of nitro benzene ring substituents is 1. The van der Waals surface area contributed by atoms with E-state index in [0.717, 1.165) is 0 Å². The highest BCUT2D eigenvalue weighted by Gasteiger charge is 2.30. The maximum atomic E-state index is 12.3. The first-order chi connectivity index (χ1) is 9.30. The lowest BCUT2D eigenvalue weighted by Crippen LogP contribution is -2.45. The lowest BCUT2D eigenvalue weighted by molar-refractivity contribution is -0.383. The van der Waals surface area contributed by atoms with Crippen molar-refractivity contribution in [2.45, 2.75) is 25.4 Å². The zero-order valence-electron chi connectivity index (χ0n) is 11.2. The Kier molecular flexibility index (Phi) is 3.63. The van der Waals surface area contributed by atoms with Crippen molar-refractivity contribution in [2.75, 3.05) is 18.8 Å². The van der Waals surface area contributed by atoms with E-state index in [1.165, 1.54) is 18.2 Å². The van der Waals surface area contributed by atoms with Crippen LogP contribution in [-0.2, 0) is 0 Å². The minimum atomic E-state index is -0.746. The van der Waals surface area contributed by atoms with Crippen molar-refractivity contribution in [3.63, 3.8) is 0 Å². The van der Waals surface area contributed by atoms with Crippen molar-refractivity contribution in [1.29, 1.82) is 0 Å². The van der Waals surface area contributed by atoms with E-state index in [1.807, 2.05) is 0 Å². The monoisotopic (exact) mass is 279 g/mol. The number of hydrogen-bond acceptors (Lipinski definition) is 5. The number of nitrogens with zero attached hydrogens (tertiary/aromatic N) is 2. The highest BCUT2D eigenvalue weighted by molar-refractivity contribution is 5.95. The first-order valence-electron chi connectivity index (χ1n) is 6.36. The smallest absolute Gasteiger partial charge is 0.292 e. The van der Waals surface area contributed by atoms with Gasteiger partial charge in [-0.25, -0.2) is 0 Å². The van der Waals surface area contributed by atoms with Gasteiger partial charge in [-0.2, -0.15) is 0 Å². The number of nitro groups is 1. The lowest BCUT2D eigenvalue weighted by atomic mass is 9.93. The molecule has 1 fully saturated rings. The highest BCUT2D eigenvalue weighted by Crippen LogP contribution is 2.26. The number of likely N-dealkylation sites (tertiary alicyclic amines) is 1. The number of amides is 1. The molecule has 0 atom stereocenters. The zero-order chi connectivity index (χ0) is 14.9. The van der Waals surface area contributed by atoms with E-state index >= 15 is 0 Å². The molecule has 1 aromatic carbocycles. The third-order valence-corrected chi connectivity index (χ3v) is 3.60. The number of nitrogen functional groups attached to an aromatic ring is 1. The summed E-state index contributed by atoms with van der Waals surface area (Å²) in [6.45, 7) is 2.61. The number of aliphatic hydroxyl groups is 1. The number of hydrogen-bond donors (Lipinski definition) is 2. The Morgan fingerprint density at radius 2 is 2.05 bits per heavy atom. The average Bonchev–Trinajstić information content (AvgIpc) is 2.38. The first kappa shape index (κ1) is 14.3. The van der Waals surface area contributed by atoms with Crippen molar-refractivity contribution in [3.8, 4) is 0 Å². The summed E-state index contributed by atoms with van der Waals surface area (Å²) in [6.07, 6.45) is 0.992. The molecule has 7 heteroatoms. The van der Waals surface area contributed by atoms with Crippen molar-refractivity contribution in [2.24, 2.45) is 0 Å². The second-order valence-corrected chi connectivity index (χ2v) is 5.32. The Balaban J connectivity index is 2.18. The molecule has 1 aromatic rings. The molecule has 0 aromatic heterocycles. The molecule has 1 amide bonds. The van der Waals surface area contributed by atoms with Gasteiger partial charge in [0, 0.05) is 24.7 Å². The standard InChI is InChI=1S/C13H17N3O4/c1-13(18)4-6-15(7-5-13)12(17)9-2-3-10(14)11(8-9)16(19)20/h2-3,8,18H,4-7,14H2,1H3. The molecule has 3 N–H and O–H groups in total. The van der Waals surface area contributed by atoms with Gasteiger partial charge in [0.15, 0.2) is 0 Å². The van der Waals surface area contributed by atoms with Crippen molar-refractivity contribution < 1.29 is 14.8 Å². The quantitative estimate of drug-likeness (QED) is 0.479. The number of anilines is 1. The normalized spacial score (nSPS) is 17.8. The van der Waals surface area contributed by atoms with E-state index in [1.54, 1.807) is 11.8 Å². The summed E-state index contributed by atoms with van der Waals surface area (Å²) in [7, 11) is 0. The van der Waals surface area contributed by atoms with Gasteiger partial charge in [-0.1, -0.05) is 0 Å². The van der Waals surface area contributed by atoms with Crippen LogP contribution < -0.4 is 5.73 Å². The number of piperidine rings is 1. The molecule has 7 nitrogen and oxygen atoms in total. The molecule has 20 heavy (non-hydrogen) atoms. The van der Waals surface area contributed by atoms with E-state index < -0.39 is 10.5 Å². The van der Waals surface area contributed by atoms with Gasteiger partial charge in [0.2, 0.25) is 0 Å². The molecule has 0 spiro atoms. The van der Waals surface area contributed by atoms with Crippen LogP contribution in [-0.4, -0.2) is 39.5 Å². The number of rotatable bonds is 2. The first-order valence-corrected chi connectivity index (χ1v) is 6.36. The molecule has 0 unspecified atom stereocenters. The summed E-state index contributed by atoms with van der Waals surface area (Å²) in [5, 5.41) is 20.7. The highest BCUT2D eigenvalue weighted by atomic mass is 16.6. The molecule has 108 valence electrons. The molecular weight excluding hydrogens is 262 g/mol. The zero-order valence-corrected chi connectivity index (χ0v) is 11.2. The third kappa shape index (κ3) is 2.88. The molecular formula is C13H17N3O4. The lowest BCUT2D eigenvalue weighted by Gasteiger charge is -2.35. The number of carbonyl (C=O) groups excluding carboxylic acids is 1. The Hall–Kier alpha value is -2.15. The van der Waals surface area contributed by atoms with Crippen LogP contribution in [0.15, 0.2) is 18.2 Å². The van der Waals surface area contributed by atoms with E-state index in [4.69, 9.17) is 5.73 Å². The summed E-state index contributed by atoms with van der Waals surface area (Å²) < 4.78 is 0. The van der Waals surface area contributed by atoms with Gasteiger partial charge in [-0.15, -0.1) is 0 Å². The summed E-state index contributed by atoms with van der Waals surface area (Å²) in [5.41, 5.74) is 4.77. The van der Waals surface area contributed by atoms with E-state index in [0.29, 0.717) is 25.9 Å². The van der Waals surface area contributed by atoms with E-state index in [-0.39, 0.29) is 22.8 Å². The maximum Gasteiger partial charge on any atom is 0.292 e. The Morgan fingerprint density at radius 1 is 1.45 bits per heavy atom. The van der Waals surface area contributed by atoms with Gasteiger partial charge in [-0.3, -0.25) is 14.9 Å². The average molecular weight is 279 g/mol. The van der Waals surface area contributed by atoms with Gasteiger partial charge < -0.3 is 15.7 Å². The van der Waals surface area contributed by atoms with Gasteiger partial charge >= 0.3 is 0 Å². The predicted octanol–water partition coefficient (Wildman–Crippen LogP) is 1.16. The summed E-state index contributed by atoms with van der Waals surface area (Å²) >= 11 is 0. The third-order valence-electron chi connectivity index (χ3n) is 3.60. The molecule has 1 aliphatic heterocycles. The maximum absolute atomic E-state index is 12.3. The van der Waals surface area contributed by atoms with Gasteiger partial charge in [0.05, 0.1) is 10.5 Å². The Morgan fingerprint density at radius 3 is 2.60 bits per heavy atom. The fraction of sp³-hybridized carbons (Fsp3) is 0.462. The molecule has 1 saturated heterocycles. The second-order valence-electron chi connectivity index (χ2n) is 5.32. The fourth-order valence-electron chi connectivity index (χ4n) is 2.21. The topological polar surface area (TPSA) is 110 Å². The van der Waals surface area contributed by atoms with Gasteiger partial charge in [-0.05, 0) is 31.9 Å². The van der Waals surface area contributed by atoms with Crippen LogP contribution in [0.4, 0.5) is 11.4 Å². The van der Waals surface area contributed by atoms with Crippen molar-refractivity contribution in [3.05, 3.63) is 33.9 Å². The van der Waals surface area contributed by atoms with Crippen LogP contribution in [0, 0.1) is 10.1 Å². The molecule has 2 rings (SSSR count). The van der Waals surface area contributed by atoms with Crippen LogP contribution in [0.1, 0.15) is 30.1 Å². The summed E-state index contributed by atoms with van der Waals surface area (Å²) in [6, 6.07) is 4.05. The number of benzene rings is 1. The molecule has 0 aliphatic carbocycles.